The number of ether oxygens (including phenoxy) is 1. The Morgan fingerprint density at radius 1 is 1.13 bits per heavy atom. The fourth-order valence-electron chi connectivity index (χ4n) is 1.03. The Labute approximate surface area is 82.5 Å². The molecule has 0 aliphatic heterocycles. The predicted molar refractivity (Wildman–Crippen MR) is 42.4 cm³/mol. The first kappa shape index (κ1) is 11.7. The average molecular weight is 226 g/mol. The molecule has 0 atom stereocenters. The predicted octanol–water partition coefficient (Wildman–Crippen LogP) is 3.43. The second-order valence-electron chi connectivity index (χ2n) is 2.79. The van der Waals surface area contributed by atoms with Gasteiger partial charge >= 0.3 is 6.36 Å². The third-order valence-electron chi connectivity index (χ3n) is 1.68. The summed E-state index contributed by atoms with van der Waals surface area (Å²) in [5, 5.41) is 0. The molecule has 0 aliphatic carbocycles. The molecule has 1 aromatic rings. The minimum atomic E-state index is -5.10. The molecule has 0 radical (unpaired) electrons. The Kier molecular flexibility index (Phi) is 3.16. The van der Waals surface area contributed by atoms with Crippen molar-refractivity contribution in [3.63, 3.8) is 0 Å². The van der Waals surface area contributed by atoms with Gasteiger partial charge in [-0.25, -0.2) is 8.78 Å². The molecule has 1 aromatic carbocycles. The summed E-state index contributed by atoms with van der Waals surface area (Å²) in [5.41, 5.74) is 0.263. The van der Waals surface area contributed by atoms with Crippen molar-refractivity contribution in [2.45, 2.75) is 19.7 Å². The summed E-state index contributed by atoms with van der Waals surface area (Å²) in [6, 6.07) is 1.62. The van der Waals surface area contributed by atoms with Crippen molar-refractivity contribution in [3.8, 4) is 5.75 Å². The van der Waals surface area contributed by atoms with Crippen LogP contribution in [0, 0.1) is 11.6 Å². The molecule has 0 aliphatic rings. The van der Waals surface area contributed by atoms with Gasteiger partial charge in [0.1, 0.15) is 0 Å². The first-order chi connectivity index (χ1) is 6.83. The van der Waals surface area contributed by atoms with Crippen LogP contribution in [0.5, 0.6) is 5.75 Å². The van der Waals surface area contributed by atoms with E-state index in [-0.39, 0.29) is 5.56 Å². The summed E-state index contributed by atoms with van der Waals surface area (Å²) < 4.78 is 64.3. The van der Waals surface area contributed by atoms with Crippen LogP contribution < -0.4 is 4.74 Å². The Morgan fingerprint density at radius 3 is 1.93 bits per heavy atom. The zero-order valence-corrected chi connectivity index (χ0v) is 7.66. The monoisotopic (exact) mass is 226 g/mol. The van der Waals surface area contributed by atoms with Gasteiger partial charge in [0.15, 0.2) is 11.6 Å². The maximum absolute atomic E-state index is 13.0. The summed E-state index contributed by atoms with van der Waals surface area (Å²) in [4.78, 5) is 0. The average Bonchev–Trinajstić information content (AvgIpc) is 2.09. The van der Waals surface area contributed by atoms with E-state index < -0.39 is 23.7 Å². The fraction of sp³-hybridized carbons (Fsp3) is 0.333. The third kappa shape index (κ3) is 3.07. The third-order valence-corrected chi connectivity index (χ3v) is 1.68. The van der Waals surface area contributed by atoms with Gasteiger partial charge in [-0.15, -0.1) is 13.2 Å². The van der Waals surface area contributed by atoms with Gasteiger partial charge in [0.25, 0.3) is 0 Å². The number of hydrogen-bond acceptors (Lipinski definition) is 1. The van der Waals surface area contributed by atoms with Gasteiger partial charge in [-0.05, 0) is 24.1 Å². The van der Waals surface area contributed by atoms with Crippen molar-refractivity contribution in [2.75, 3.05) is 0 Å². The number of halogens is 5. The molecule has 6 heteroatoms. The fourth-order valence-corrected chi connectivity index (χ4v) is 1.03. The van der Waals surface area contributed by atoms with Crippen LogP contribution >= 0.6 is 0 Å². The number of rotatable bonds is 2. The van der Waals surface area contributed by atoms with Gasteiger partial charge in [0.05, 0.1) is 0 Å². The molecular formula is C9H7F5O. The second kappa shape index (κ2) is 4.04. The molecule has 0 unspecified atom stereocenters. The lowest BCUT2D eigenvalue weighted by Crippen LogP contribution is -2.19. The maximum Gasteiger partial charge on any atom is 0.573 e. The summed E-state index contributed by atoms with van der Waals surface area (Å²) in [6.45, 7) is 1.62. The maximum atomic E-state index is 13.0. The van der Waals surface area contributed by atoms with Crippen molar-refractivity contribution in [3.05, 3.63) is 29.3 Å². The van der Waals surface area contributed by atoms with E-state index in [9.17, 15) is 22.0 Å². The van der Waals surface area contributed by atoms with Crippen LogP contribution in [0.4, 0.5) is 22.0 Å². The quantitative estimate of drug-likeness (QED) is 0.702. The molecular weight excluding hydrogens is 219 g/mol. The Hall–Kier alpha value is -1.33. The van der Waals surface area contributed by atoms with Crippen molar-refractivity contribution in [1.29, 1.82) is 0 Å². The Balaban J connectivity index is 3.09. The summed E-state index contributed by atoms with van der Waals surface area (Å²) in [5.74, 6) is -4.13. The van der Waals surface area contributed by atoms with Gasteiger partial charge in [0.2, 0.25) is 5.75 Å². The molecule has 0 aromatic heterocycles. The standard InChI is InChI=1S/C9H7F5O/c1-2-5-3-6(10)8(7(11)4-5)15-9(12,13)14/h3-4H,2H2,1H3. The second-order valence-corrected chi connectivity index (χ2v) is 2.79. The molecule has 1 rings (SSSR count). The number of benzene rings is 1. The smallest absolute Gasteiger partial charge is 0.399 e. The van der Waals surface area contributed by atoms with Crippen LogP contribution in [-0.4, -0.2) is 6.36 Å². The van der Waals surface area contributed by atoms with Gasteiger partial charge in [-0.3, -0.25) is 0 Å². The summed E-state index contributed by atoms with van der Waals surface area (Å²) >= 11 is 0. The Morgan fingerprint density at radius 2 is 1.60 bits per heavy atom. The zero-order chi connectivity index (χ0) is 11.6. The molecule has 84 valence electrons. The molecule has 0 N–H and O–H groups in total. The van der Waals surface area contributed by atoms with Crippen molar-refractivity contribution < 1.29 is 26.7 Å². The lowest BCUT2D eigenvalue weighted by molar-refractivity contribution is -0.276. The van der Waals surface area contributed by atoms with E-state index in [0.717, 1.165) is 12.1 Å². The number of hydrogen-bond donors (Lipinski definition) is 0. The van der Waals surface area contributed by atoms with Crippen LogP contribution in [-0.2, 0) is 6.42 Å². The first-order valence-corrected chi connectivity index (χ1v) is 4.07. The van der Waals surface area contributed by atoms with E-state index in [1.165, 1.54) is 0 Å². The number of alkyl halides is 3. The minimum absolute atomic E-state index is 0.263. The van der Waals surface area contributed by atoms with Crippen LogP contribution in [0.3, 0.4) is 0 Å². The van der Waals surface area contributed by atoms with Gasteiger partial charge < -0.3 is 4.74 Å². The highest BCUT2D eigenvalue weighted by Crippen LogP contribution is 2.29. The first-order valence-electron chi connectivity index (χ1n) is 4.07. The van der Waals surface area contributed by atoms with Crippen molar-refractivity contribution in [2.24, 2.45) is 0 Å². The van der Waals surface area contributed by atoms with E-state index in [1.807, 2.05) is 0 Å². The van der Waals surface area contributed by atoms with Gasteiger partial charge in [-0.1, -0.05) is 6.92 Å². The highest BCUT2D eigenvalue weighted by atomic mass is 19.4. The van der Waals surface area contributed by atoms with E-state index in [4.69, 9.17) is 0 Å². The summed E-state index contributed by atoms with van der Waals surface area (Å²) in [7, 11) is 0. The lowest BCUT2D eigenvalue weighted by atomic mass is 10.1. The topological polar surface area (TPSA) is 9.23 Å². The van der Waals surface area contributed by atoms with Crippen LogP contribution in [0.2, 0.25) is 0 Å². The van der Waals surface area contributed by atoms with Crippen LogP contribution in [0.25, 0.3) is 0 Å². The highest BCUT2D eigenvalue weighted by molar-refractivity contribution is 5.31. The molecule has 0 fully saturated rings. The van der Waals surface area contributed by atoms with Crippen LogP contribution in [0.1, 0.15) is 12.5 Å². The number of aryl methyl sites for hydroxylation is 1. The lowest BCUT2D eigenvalue weighted by Gasteiger charge is -2.11. The van der Waals surface area contributed by atoms with E-state index in [2.05, 4.69) is 4.74 Å². The zero-order valence-electron chi connectivity index (χ0n) is 7.66. The van der Waals surface area contributed by atoms with Gasteiger partial charge in [0, 0.05) is 0 Å². The normalized spacial score (nSPS) is 11.6. The van der Waals surface area contributed by atoms with E-state index >= 15 is 0 Å². The molecule has 0 saturated carbocycles. The van der Waals surface area contributed by atoms with E-state index in [0.29, 0.717) is 6.42 Å². The van der Waals surface area contributed by atoms with Crippen molar-refractivity contribution in [1.82, 2.24) is 0 Å². The molecule has 0 amide bonds. The van der Waals surface area contributed by atoms with Gasteiger partial charge in [-0.2, -0.15) is 0 Å². The van der Waals surface area contributed by atoms with Crippen LogP contribution in [0.15, 0.2) is 12.1 Å². The highest BCUT2D eigenvalue weighted by Gasteiger charge is 2.34. The largest absolute Gasteiger partial charge is 0.573 e. The minimum Gasteiger partial charge on any atom is -0.399 e. The Bertz CT molecular complexity index is 335. The molecule has 15 heavy (non-hydrogen) atoms. The molecule has 0 heterocycles. The van der Waals surface area contributed by atoms with Crippen molar-refractivity contribution >= 4 is 0 Å². The molecule has 0 bridgehead atoms. The summed E-state index contributed by atoms with van der Waals surface area (Å²) in [6.07, 6.45) is -4.78. The SMILES string of the molecule is CCc1cc(F)c(OC(F)(F)F)c(F)c1. The molecule has 0 saturated heterocycles. The van der Waals surface area contributed by atoms with E-state index in [1.54, 1.807) is 6.92 Å². The molecule has 1 nitrogen and oxygen atoms in total. The molecule has 0 spiro atoms.